The summed E-state index contributed by atoms with van der Waals surface area (Å²) in [5.74, 6) is 0.670. The van der Waals surface area contributed by atoms with Crippen LogP contribution in [0, 0.1) is 3.57 Å². The van der Waals surface area contributed by atoms with E-state index in [2.05, 4.69) is 39.8 Å². The quantitative estimate of drug-likeness (QED) is 0.829. The molecule has 1 saturated carbocycles. The number of benzene rings is 1. The third kappa shape index (κ3) is 2.13. The fraction of sp³-hybridized carbons (Fsp3) is 0.429. The summed E-state index contributed by atoms with van der Waals surface area (Å²) in [7, 11) is 1.78. The van der Waals surface area contributed by atoms with Gasteiger partial charge in [0.2, 0.25) is 5.95 Å². The zero-order valence-electron chi connectivity index (χ0n) is 11.0. The van der Waals surface area contributed by atoms with Crippen LogP contribution in [0.3, 0.4) is 0 Å². The molecule has 0 spiro atoms. The van der Waals surface area contributed by atoms with Crippen molar-refractivity contribution in [2.75, 3.05) is 5.32 Å². The Hall–Kier alpha value is -1.11. The van der Waals surface area contributed by atoms with Gasteiger partial charge in [-0.1, -0.05) is 6.07 Å². The van der Waals surface area contributed by atoms with Crippen molar-refractivity contribution in [2.45, 2.75) is 31.7 Å². The minimum absolute atomic E-state index is 0.00828. The molecule has 1 aromatic heterocycles. The van der Waals surface area contributed by atoms with Crippen LogP contribution in [0.5, 0.6) is 0 Å². The molecule has 1 fully saturated rings. The maximum absolute atomic E-state index is 12.4. The van der Waals surface area contributed by atoms with E-state index in [0.717, 1.165) is 21.9 Å². The van der Waals surface area contributed by atoms with Crippen molar-refractivity contribution < 1.29 is 0 Å². The first-order valence-electron chi connectivity index (χ1n) is 6.44. The predicted octanol–water partition coefficient (Wildman–Crippen LogP) is 2.89. The zero-order valence-corrected chi connectivity index (χ0v) is 13.2. The molecule has 1 aliphatic rings. The van der Waals surface area contributed by atoms with Gasteiger partial charge < -0.3 is 5.32 Å². The molecule has 0 bridgehead atoms. The zero-order chi connectivity index (χ0) is 13.6. The molecule has 3 rings (SSSR count). The van der Waals surface area contributed by atoms with Gasteiger partial charge in [0.05, 0.1) is 10.9 Å². The van der Waals surface area contributed by atoms with E-state index < -0.39 is 0 Å². The van der Waals surface area contributed by atoms with E-state index in [4.69, 9.17) is 0 Å². The molecule has 0 unspecified atom stereocenters. The number of rotatable bonds is 2. The SMILES string of the molecule is Cn1c(NC2(C)CCC2)nc2c(I)cccc2c1=O. The van der Waals surface area contributed by atoms with Crippen LogP contribution in [0.2, 0.25) is 0 Å². The van der Waals surface area contributed by atoms with Crippen LogP contribution < -0.4 is 10.9 Å². The highest BCUT2D eigenvalue weighted by atomic mass is 127. The van der Waals surface area contributed by atoms with Crippen molar-refractivity contribution in [1.82, 2.24) is 9.55 Å². The van der Waals surface area contributed by atoms with Crippen molar-refractivity contribution in [3.05, 3.63) is 32.1 Å². The molecule has 2 aromatic rings. The van der Waals surface area contributed by atoms with Gasteiger partial charge in [0.25, 0.3) is 5.56 Å². The van der Waals surface area contributed by atoms with Gasteiger partial charge in [0.1, 0.15) is 0 Å². The van der Waals surface area contributed by atoms with E-state index in [1.165, 1.54) is 6.42 Å². The lowest BCUT2D eigenvalue weighted by molar-refractivity contribution is 0.303. The Morgan fingerprint density at radius 3 is 2.79 bits per heavy atom. The largest absolute Gasteiger partial charge is 0.350 e. The highest BCUT2D eigenvalue weighted by Crippen LogP contribution is 2.34. The monoisotopic (exact) mass is 369 g/mol. The summed E-state index contributed by atoms with van der Waals surface area (Å²) in [4.78, 5) is 17.0. The van der Waals surface area contributed by atoms with Crippen LogP contribution in [0.25, 0.3) is 10.9 Å². The van der Waals surface area contributed by atoms with Gasteiger partial charge in [-0.2, -0.15) is 0 Å². The normalized spacial score (nSPS) is 17.2. The summed E-state index contributed by atoms with van der Waals surface area (Å²) in [6, 6.07) is 5.71. The van der Waals surface area contributed by atoms with Crippen molar-refractivity contribution in [2.24, 2.45) is 7.05 Å². The topological polar surface area (TPSA) is 46.9 Å². The second-order valence-corrected chi connectivity index (χ2v) is 6.64. The molecule has 100 valence electrons. The van der Waals surface area contributed by atoms with Crippen molar-refractivity contribution in [1.29, 1.82) is 0 Å². The molecule has 1 aliphatic carbocycles. The van der Waals surface area contributed by atoms with Gasteiger partial charge >= 0.3 is 0 Å². The second kappa shape index (κ2) is 4.47. The second-order valence-electron chi connectivity index (χ2n) is 5.47. The lowest BCUT2D eigenvalue weighted by Crippen LogP contribution is -2.43. The summed E-state index contributed by atoms with van der Waals surface area (Å²) in [6.45, 7) is 2.18. The van der Waals surface area contributed by atoms with E-state index in [-0.39, 0.29) is 11.1 Å². The fourth-order valence-corrected chi connectivity index (χ4v) is 3.09. The van der Waals surface area contributed by atoms with Crippen LogP contribution in [-0.2, 0) is 7.05 Å². The first-order chi connectivity index (χ1) is 9.00. The molecule has 0 radical (unpaired) electrons. The summed E-state index contributed by atoms with van der Waals surface area (Å²) >= 11 is 2.23. The average molecular weight is 369 g/mol. The Morgan fingerprint density at radius 2 is 2.16 bits per heavy atom. The van der Waals surface area contributed by atoms with E-state index >= 15 is 0 Å². The van der Waals surface area contributed by atoms with Crippen LogP contribution in [-0.4, -0.2) is 15.1 Å². The van der Waals surface area contributed by atoms with Crippen molar-refractivity contribution in [3.8, 4) is 0 Å². The first kappa shape index (κ1) is 12.9. The Bertz CT molecular complexity index is 704. The predicted molar refractivity (Wildman–Crippen MR) is 85.6 cm³/mol. The lowest BCUT2D eigenvalue weighted by Gasteiger charge is -2.39. The molecule has 5 heteroatoms. The molecule has 0 aliphatic heterocycles. The Morgan fingerprint density at radius 1 is 1.42 bits per heavy atom. The third-order valence-electron chi connectivity index (χ3n) is 3.93. The molecule has 0 atom stereocenters. The van der Waals surface area contributed by atoms with E-state index in [9.17, 15) is 4.79 Å². The third-order valence-corrected chi connectivity index (χ3v) is 4.80. The van der Waals surface area contributed by atoms with Gasteiger partial charge in [-0.3, -0.25) is 9.36 Å². The average Bonchev–Trinajstić information content (AvgIpc) is 2.35. The number of nitrogens with zero attached hydrogens (tertiary/aromatic N) is 2. The highest BCUT2D eigenvalue weighted by Gasteiger charge is 2.32. The van der Waals surface area contributed by atoms with E-state index in [1.807, 2.05) is 18.2 Å². The van der Waals surface area contributed by atoms with Gasteiger partial charge in [-0.15, -0.1) is 0 Å². The van der Waals surface area contributed by atoms with Crippen molar-refractivity contribution >= 4 is 39.4 Å². The maximum Gasteiger partial charge on any atom is 0.262 e. The summed E-state index contributed by atoms with van der Waals surface area (Å²) in [5, 5.41) is 4.11. The van der Waals surface area contributed by atoms with E-state index in [0.29, 0.717) is 11.3 Å². The minimum Gasteiger partial charge on any atom is -0.350 e. The molecule has 1 heterocycles. The number of hydrogen-bond donors (Lipinski definition) is 1. The lowest BCUT2D eigenvalue weighted by atomic mass is 9.79. The van der Waals surface area contributed by atoms with Crippen LogP contribution in [0.4, 0.5) is 5.95 Å². The number of hydrogen-bond acceptors (Lipinski definition) is 3. The number of halogens is 1. The molecule has 0 saturated heterocycles. The van der Waals surface area contributed by atoms with Gasteiger partial charge in [0, 0.05) is 16.2 Å². The minimum atomic E-state index is 0.00828. The molecule has 1 aromatic carbocycles. The van der Waals surface area contributed by atoms with Crippen molar-refractivity contribution in [3.63, 3.8) is 0 Å². The van der Waals surface area contributed by atoms with Gasteiger partial charge in [0.15, 0.2) is 0 Å². The molecular weight excluding hydrogens is 353 g/mol. The number of anilines is 1. The first-order valence-corrected chi connectivity index (χ1v) is 7.51. The molecule has 4 nitrogen and oxygen atoms in total. The summed E-state index contributed by atoms with van der Waals surface area (Å²) in [5.41, 5.74) is 0.885. The molecule has 1 N–H and O–H groups in total. The molecule has 0 amide bonds. The summed E-state index contributed by atoms with van der Waals surface area (Å²) in [6.07, 6.45) is 3.50. The molecule has 19 heavy (non-hydrogen) atoms. The fourth-order valence-electron chi connectivity index (χ4n) is 2.47. The summed E-state index contributed by atoms with van der Waals surface area (Å²) < 4.78 is 2.62. The number of nitrogens with one attached hydrogen (secondary N) is 1. The van der Waals surface area contributed by atoms with Gasteiger partial charge in [-0.25, -0.2) is 4.98 Å². The van der Waals surface area contributed by atoms with Crippen LogP contribution >= 0.6 is 22.6 Å². The highest BCUT2D eigenvalue weighted by molar-refractivity contribution is 14.1. The van der Waals surface area contributed by atoms with Gasteiger partial charge in [-0.05, 0) is 60.9 Å². The molecular formula is C14H16IN3O. The van der Waals surface area contributed by atoms with E-state index in [1.54, 1.807) is 11.6 Å². The number of fused-ring (bicyclic) bond motifs is 1. The van der Waals surface area contributed by atoms with Crippen LogP contribution in [0.15, 0.2) is 23.0 Å². The Balaban J connectivity index is 2.17. The number of para-hydroxylation sites is 1. The maximum atomic E-state index is 12.4. The smallest absolute Gasteiger partial charge is 0.262 e. The Labute approximate surface area is 125 Å². The van der Waals surface area contributed by atoms with Crippen LogP contribution in [0.1, 0.15) is 26.2 Å². The number of aromatic nitrogens is 2. The Kier molecular flexibility index (Phi) is 3.03. The standard InChI is InChI=1S/C14H16IN3O/c1-14(7-4-8-14)17-13-16-11-9(12(19)18(13)2)5-3-6-10(11)15/h3,5-6H,4,7-8H2,1-2H3,(H,16,17).